The maximum Gasteiger partial charge on any atom is 0.338 e. The highest BCUT2D eigenvalue weighted by atomic mass is 16.5. The zero-order valence-electron chi connectivity index (χ0n) is 21.8. The predicted octanol–water partition coefficient (Wildman–Crippen LogP) is 3.73. The fourth-order valence-electron chi connectivity index (χ4n) is 4.58. The van der Waals surface area contributed by atoms with Crippen molar-refractivity contribution < 1.29 is 19.1 Å². The number of hydrogen-bond donors (Lipinski definition) is 3. The van der Waals surface area contributed by atoms with Crippen molar-refractivity contribution in [2.75, 3.05) is 17.3 Å². The Bertz CT molecular complexity index is 1350. The summed E-state index contributed by atoms with van der Waals surface area (Å²) in [4.78, 5) is 47.4. The van der Waals surface area contributed by atoms with E-state index < -0.39 is 11.9 Å². The van der Waals surface area contributed by atoms with Gasteiger partial charge in [0.25, 0.3) is 5.91 Å². The van der Waals surface area contributed by atoms with Crippen LogP contribution in [-0.2, 0) is 16.1 Å². The number of benzene rings is 2. The molecule has 10 heteroatoms. The van der Waals surface area contributed by atoms with Crippen LogP contribution in [0.4, 0.5) is 17.3 Å². The van der Waals surface area contributed by atoms with E-state index in [4.69, 9.17) is 10.5 Å². The van der Waals surface area contributed by atoms with E-state index >= 15 is 0 Å². The van der Waals surface area contributed by atoms with Crippen LogP contribution in [0.25, 0.3) is 0 Å². The number of nitrogens with zero attached hydrogens (tertiary/aromatic N) is 3. The minimum absolute atomic E-state index is 0.0241. The van der Waals surface area contributed by atoms with E-state index in [9.17, 15) is 14.4 Å². The van der Waals surface area contributed by atoms with Crippen LogP contribution in [0.1, 0.15) is 52.1 Å². The number of carbonyl (C=O) groups is 3. The van der Waals surface area contributed by atoms with Crippen molar-refractivity contribution in [2.24, 2.45) is 5.73 Å². The largest absolute Gasteiger partial charge is 0.457 e. The molecule has 39 heavy (non-hydrogen) atoms. The number of amides is 2. The normalized spacial score (nSPS) is 16.5. The number of carbonyl (C=O) groups excluding carboxylic acids is 3. The third-order valence-corrected chi connectivity index (χ3v) is 6.65. The van der Waals surface area contributed by atoms with E-state index in [1.54, 1.807) is 24.3 Å². The van der Waals surface area contributed by atoms with E-state index in [-0.39, 0.29) is 36.1 Å². The monoisotopic (exact) mass is 528 g/mol. The first-order valence-corrected chi connectivity index (χ1v) is 12.7. The van der Waals surface area contributed by atoms with Crippen LogP contribution in [-0.4, -0.2) is 46.9 Å². The van der Waals surface area contributed by atoms with Crippen molar-refractivity contribution in [1.29, 1.82) is 0 Å². The lowest BCUT2D eigenvalue weighted by Crippen LogP contribution is -2.44. The van der Waals surface area contributed by atoms with Crippen molar-refractivity contribution in [3.63, 3.8) is 0 Å². The van der Waals surface area contributed by atoms with E-state index in [1.807, 2.05) is 42.3 Å². The van der Waals surface area contributed by atoms with Gasteiger partial charge in [-0.1, -0.05) is 43.0 Å². The minimum Gasteiger partial charge on any atom is -0.457 e. The van der Waals surface area contributed by atoms with Gasteiger partial charge in [0.05, 0.1) is 11.8 Å². The second-order valence-electron chi connectivity index (χ2n) is 9.40. The van der Waals surface area contributed by atoms with Crippen molar-refractivity contribution in [3.05, 3.63) is 90.3 Å². The summed E-state index contributed by atoms with van der Waals surface area (Å²) in [5.41, 5.74) is 7.29. The number of anilines is 3. The predicted molar refractivity (Wildman–Crippen MR) is 149 cm³/mol. The Morgan fingerprint density at radius 1 is 1.15 bits per heavy atom. The number of esters is 1. The summed E-state index contributed by atoms with van der Waals surface area (Å²) < 4.78 is 5.43. The van der Waals surface area contributed by atoms with Gasteiger partial charge in [-0.2, -0.15) is 0 Å². The Hall–Kier alpha value is -4.73. The maximum atomic E-state index is 12.6. The van der Waals surface area contributed by atoms with E-state index in [0.717, 1.165) is 31.2 Å². The van der Waals surface area contributed by atoms with Crippen molar-refractivity contribution in [1.82, 2.24) is 15.3 Å². The molecule has 1 heterocycles. The molecule has 0 saturated heterocycles. The van der Waals surface area contributed by atoms with Crippen LogP contribution in [0.5, 0.6) is 0 Å². The lowest BCUT2D eigenvalue weighted by Gasteiger charge is -2.36. The van der Waals surface area contributed by atoms with Gasteiger partial charge >= 0.3 is 5.97 Å². The summed E-state index contributed by atoms with van der Waals surface area (Å²) in [6.45, 7) is 3.68. The molecule has 3 aromatic rings. The Kier molecular flexibility index (Phi) is 8.88. The number of nitrogens with two attached hydrogens (primary N) is 1. The molecule has 2 amide bonds. The lowest BCUT2D eigenvalue weighted by molar-refractivity contribution is -0.117. The third-order valence-electron chi connectivity index (χ3n) is 6.65. The summed E-state index contributed by atoms with van der Waals surface area (Å²) in [6, 6.07) is 16.3. The molecule has 10 nitrogen and oxygen atoms in total. The van der Waals surface area contributed by atoms with Crippen molar-refractivity contribution in [2.45, 2.75) is 44.4 Å². The molecule has 1 aromatic heterocycles. The van der Waals surface area contributed by atoms with Crippen LogP contribution in [0.3, 0.4) is 0 Å². The van der Waals surface area contributed by atoms with Gasteiger partial charge in [-0.05, 0) is 55.5 Å². The summed E-state index contributed by atoms with van der Waals surface area (Å²) in [5, 5.41) is 6.06. The zero-order chi connectivity index (χ0) is 27.8. The van der Waals surface area contributed by atoms with Crippen LogP contribution in [0.2, 0.25) is 0 Å². The molecule has 2 aromatic carbocycles. The second kappa shape index (κ2) is 12.7. The van der Waals surface area contributed by atoms with Gasteiger partial charge in [0.1, 0.15) is 12.4 Å². The van der Waals surface area contributed by atoms with Crippen molar-refractivity contribution in [3.8, 4) is 0 Å². The molecule has 1 unspecified atom stereocenters. The summed E-state index contributed by atoms with van der Waals surface area (Å²) >= 11 is 0. The molecule has 4 rings (SSSR count). The van der Waals surface area contributed by atoms with Crippen LogP contribution >= 0.6 is 0 Å². The smallest absolute Gasteiger partial charge is 0.338 e. The number of hydrogen-bond acceptors (Lipinski definition) is 8. The number of primary amides is 1. The highest BCUT2D eigenvalue weighted by Gasteiger charge is 2.27. The van der Waals surface area contributed by atoms with Crippen molar-refractivity contribution >= 4 is 35.1 Å². The van der Waals surface area contributed by atoms with Gasteiger partial charge in [0.15, 0.2) is 11.5 Å². The molecule has 1 aliphatic carbocycles. The Balaban J connectivity index is 1.49. The Labute approximate surface area is 227 Å². The van der Waals surface area contributed by atoms with Gasteiger partial charge in [-0.15, -0.1) is 0 Å². The van der Waals surface area contributed by atoms with E-state index in [0.29, 0.717) is 17.1 Å². The first kappa shape index (κ1) is 27.3. The maximum absolute atomic E-state index is 12.6. The molecule has 2 atom stereocenters. The van der Waals surface area contributed by atoms with E-state index in [2.05, 4.69) is 27.2 Å². The molecule has 1 saturated carbocycles. The van der Waals surface area contributed by atoms with Gasteiger partial charge in [-0.25, -0.2) is 14.8 Å². The average molecular weight is 529 g/mol. The molecule has 0 bridgehead atoms. The van der Waals surface area contributed by atoms with Gasteiger partial charge in [0.2, 0.25) is 5.91 Å². The first-order chi connectivity index (χ1) is 18.8. The molecule has 0 radical (unpaired) electrons. The van der Waals surface area contributed by atoms with Crippen LogP contribution in [0, 0.1) is 0 Å². The molecule has 1 aliphatic rings. The quantitative estimate of drug-likeness (QED) is 0.267. The summed E-state index contributed by atoms with van der Waals surface area (Å²) in [7, 11) is 1.91. The zero-order valence-corrected chi connectivity index (χ0v) is 21.8. The molecule has 202 valence electrons. The topological polar surface area (TPSA) is 140 Å². The van der Waals surface area contributed by atoms with Crippen LogP contribution < -0.4 is 21.3 Å². The molecule has 0 spiro atoms. The fraction of sp³-hybridized carbons (Fsp3) is 0.276. The number of rotatable bonds is 10. The molecular formula is C29H32N6O4. The number of nitrogens with one attached hydrogen (secondary N) is 2. The highest BCUT2D eigenvalue weighted by Crippen LogP contribution is 2.28. The SMILES string of the molecule is C=CC(=O)NC1CCC[C@@H](N(C)c2cnc(C(N)=O)c(Nc3cccc(C(=O)OCc4ccccc4)c3)n2)C1. The summed E-state index contributed by atoms with van der Waals surface area (Å²) in [6.07, 6.45) is 6.29. The highest BCUT2D eigenvalue weighted by molar-refractivity contribution is 5.97. The number of ether oxygens (including phenoxy) is 1. The van der Waals surface area contributed by atoms with Crippen LogP contribution in [0.15, 0.2) is 73.4 Å². The van der Waals surface area contributed by atoms with Gasteiger partial charge in [-0.3, -0.25) is 9.59 Å². The Morgan fingerprint density at radius 3 is 2.69 bits per heavy atom. The second-order valence-corrected chi connectivity index (χ2v) is 9.40. The average Bonchev–Trinajstić information content (AvgIpc) is 2.96. The fourth-order valence-corrected chi connectivity index (χ4v) is 4.58. The molecule has 4 N–H and O–H groups in total. The molecule has 0 aliphatic heterocycles. The van der Waals surface area contributed by atoms with Gasteiger partial charge < -0.3 is 26.0 Å². The standard InChI is InChI=1S/C29H32N6O4/c1-3-25(36)32-22-13-8-14-23(16-22)35(2)24-17-31-26(27(30)37)28(34-24)33-21-12-7-11-20(15-21)29(38)39-18-19-9-5-4-6-10-19/h3-7,9-12,15,17,22-23H,1,8,13-14,16,18H2,2H3,(H2,30,37)(H,32,36)(H,33,34)/t22?,23-/m1/s1. The Morgan fingerprint density at radius 2 is 1.95 bits per heavy atom. The molecule has 1 fully saturated rings. The van der Waals surface area contributed by atoms with E-state index in [1.165, 1.54) is 12.3 Å². The third kappa shape index (κ3) is 7.19. The first-order valence-electron chi connectivity index (χ1n) is 12.7. The summed E-state index contributed by atoms with van der Waals surface area (Å²) in [5.74, 6) is -0.683. The lowest BCUT2D eigenvalue weighted by atomic mass is 9.90. The molecular weight excluding hydrogens is 496 g/mol. The van der Waals surface area contributed by atoms with Gasteiger partial charge in [0, 0.05) is 24.8 Å². The minimum atomic E-state index is -0.734. The number of aromatic nitrogens is 2.